The van der Waals surface area contributed by atoms with Gasteiger partial charge in [-0.1, -0.05) is 18.2 Å². The summed E-state index contributed by atoms with van der Waals surface area (Å²) in [6.07, 6.45) is 1.20. The van der Waals surface area contributed by atoms with Gasteiger partial charge >= 0.3 is 5.97 Å². The Hall–Kier alpha value is -2.31. The smallest absolute Gasteiger partial charge is 0.306 e. The Kier molecular flexibility index (Phi) is 7.88. The molecule has 1 atom stereocenters. The molecule has 1 unspecified atom stereocenters. The quantitative estimate of drug-likeness (QED) is 0.775. The van der Waals surface area contributed by atoms with E-state index in [0.717, 1.165) is 22.1 Å². The molecule has 0 aromatic heterocycles. The monoisotopic (exact) mass is 420 g/mol. The van der Waals surface area contributed by atoms with E-state index in [4.69, 9.17) is 9.84 Å². The van der Waals surface area contributed by atoms with Crippen molar-refractivity contribution < 1.29 is 19.4 Å². The van der Waals surface area contributed by atoms with Gasteiger partial charge in [0.1, 0.15) is 5.75 Å². The van der Waals surface area contributed by atoms with Crippen molar-refractivity contribution in [3.05, 3.63) is 42.0 Å². The van der Waals surface area contributed by atoms with Gasteiger partial charge < -0.3 is 14.7 Å². The third kappa shape index (κ3) is 5.40. The van der Waals surface area contributed by atoms with E-state index < -0.39 is 5.97 Å². The van der Waals surface area contributed by atoms with Gasteiger partial charge in [0.25, 0.3) is 0 Å². The normalized spacial score (nSPS) is 16.1. The number of halogens is 1. The van der Waals surface area contributed by atoms with Gasteiger partial charge in [0.05, 0.1) is 19.1 Å². The molecule has 0 bridgehead atoms. The second-order valence-electron chi connectivity index (χ2n) is 7.57. The van der Waals surface area contributed by atoms with E-state index in [2.05, 4.69) is 11.0 Å². The van der Waals surface area contributed by atoms with Crippen molar-refractivity contribution in [2.45, 2.75) is 32.4 Å². The van der Waals surface area contributed by atoms with Gasteiger partial charge in [-0.05, 0) is 67.4 Å². The number of nitrogens with zero attached hydrogens (tertiary/aromatic N) is 2. The van der Waals surface area contributed by atoms with E-state index in [-0.39, 0.29) is 30.3 Å². The van der Waals surface area contributed by atoms with Crippen LogP contribution in [0.15, 0.2) is 36.4 Å². The number of fused-ring (bicyclic) bond motifs is 1. The third-order valence-corrected chi connectivity index (χ3v) is 5.69. The van der Waals surface area contributed by atoms with Crippen molar-refractivity contribution >= 4 is 35.1 Å². The fourth-order valence-electron chi connectivity index (χ4n) is 3.86. The third-order valence-electron chi connectivity index (χ3n) is 5.69. The predicted molar refractivity (Wildman–Crippen MR) is 116 cm³/mol. The first-order valence-electron chi connectivity index (χ1n) is 9.67. The van der Waals surface area contributed by atoms with Gasteiger partial charge in [-0.15, -0.1) is 12.4 Å². The maximum absolute atomic E-state index is 12.9. The molecule has 1 aliphatic rings. The van der Waals surface area contributed by atoms with Crippen molar-refractivity contribution in [2.24, 2.45) is 5.92 Å². The molecule has 2 aromatic carbocycles. The summed E-state index contributed by atoms with van der Waals surface area (Å²) in [4.78, 5) is 27.8. The van der Waals surface area contributed by atoms with Crippen LogP contribution in [0.25, 0.3) is 10.8 Å². The summed E-state index contributed by atoms with van der Waals surface area (Å²) in [5.74, 6) is -0.131. The van der Waals surface area contributed by atoms with Crippen LogP contribution >= 0.6 is 12.4 Å². The Morgan fingerprint density at radius 1 is 1.17 bits per heavy atom. The van der Waals surface area contributed by atoms with Crippen molar-refractivity contribution in [3.63, 3.8) is 0 Å². The summed E-state index contributed by atoms with van der Waals surface area (Å²) in [6.45, 7) is 3.74. The van der Waals surface area contributed by atoms with E-state index in [0.29, 0.717) is 32.5 Å². The number of carboxylic acids is 1. The topological polar surface area (TPSA) is 70.1 Å². The highest BCUT2D eigenvalue weighted by Gasteiger charge is 2.30. The van der Waals surface area contributed by atoms with Crippen LogP contribution in [0.2, 0.25) is 0 Å². The lowest BCUT2D eigenvalue weighted by Crippen LogP contribution is -2.49. The number of hydrogen-bond acceptors (Lipinski definition) is 4. The van der Waals surface area contributed by atoms with Crippen LogP contribution < -0.4 is 4.74 Å². The predicted octanol–water partition coefficient (Wildman–Crippen LogP) is 3.41. The molecule has 1 aliphatic heterocycles. The first kappa shape index (κ1) is 23.0. The molecule has 29 heavy (non-hydrogen) atoms. The fraction of sp³-hybridized carbons (Fsp3) is 0.455. The number of hydrogen-bond donors (Lipinski definition) is 1. The number of ether oxygens (including phenoxy) is 1. The first-order chi connectivity index (χ1) is 13.4. The number of likely N-dealkylation sites (tertiary alicyclic amines) is 1. The van der Waals surface area contributed by atoms with Gasteiger partial charge in [-0.25, -0.2) is 0 Å². The Morgan fingerprint density at radius 2 is 1.79 bits per heavy atom. The van der Waals surface area contributed by atoms with Crippen LogP contribution in [0.1, 0.15) is 25.3 Å². The summed E-state index contributed by atoms with van der Waals surface area (Å²) in [5, 5.41) is 11.3. The van der Waals surface area contributed by atoms with Crippen LogP contribution in [0.4, 0.5) is 0 Å². The molecule has 7 heteroatoms. The van der Waals surface area contributed by atoms with E-state index in [1.807, 2.05) is 44.3 Å². The molecule has 0 saturated carbocycles. The van der Waals surface area contributed by atoms with E-state index in [1.54, 1.807) is 12.0 Å². The molecule has 0 aliphatic carbocycles. The lowest BCUT2D eigenvalue weighted by Gasteiger charge is -2.35. The van der Waals surface area contributed by atoms with Crippen LogP contribution in [0.3, 0.4) is 0 Å². The maximum atomic E-state index is 12.9. The number of carbonyl (C=O) groups excluding carboxylic acids is 1. The fourth-order valence-corrected chi connectivity index (χ4v) is 3.86. The van der Waals surface area contributed by atoms with Crippen molar-refractivity contribution in [2.75, 3.05) is 27.2 Å². The van der Waals surface area contributed by atoms with Crippen LogP contribution in [-0.2, 0) is 16.1 Å². The van der Waals surface area contributed by atoms with Gasteiger partial charge in [0.2, 0.25) is 5.91 Å². The van der Waals surface area contributed by atoms with E-state index in [1.165, 1.54) is 0 Å². The van der Waals surface area contributed by atoms with Gasteiger partial charge in [0.15, 0.2) is 0 Å². The largest absolute Gasteiger partial charge is 0.497 e. The van der Waals surface area contributed by atoms with Crippen molar-refractivity contribution in [1.29, 1.82) is 0 Å². The molecule has 2 aromatic rings. The lowest BCUT2D eigenvalue weighted by atomic mass is 9.96. The second-order valence-corrected chi connectivity index (χ2v) is 7.57. The van der Waals surface area contributed by atoms with Gasteiger partial charge in [-0.3, -0.25) is 14.5 Å². The number of amides is 1. The van der Waals surface area contributed by atoms with E-state index in [9.17, 15) is 9.59 Å². The zero-order valence-corrected chi connectivity index (χ0v) is 17.9. The summed E-state index contributed by atoms with van der Waals surface area (Å²) >= 11 is 0. The molecule has 1 amide bonds. The molecule has 0 spiro atoms. The number of rotatable bonds is 6. The van der Waals surface area contributed by atoms with E-state index >= 15 is 0 Å². The molecule has 1 N–H and O–H groups in total. The SMILES string of the molecule is COc1ccc2cc(CN(C)C(=O)C(C)N3CCC(C(=O)O)CC3)ccc2c1.Cl. The number of likely N-dealkylation sites (N-methyl/N-ethyl adjacent to an activating group) is 1. The number of piperidine rings is 1. The molecular formula is C22H29ClN2O4. The average Bonchev–Trinajstić information content (AvgIpc) is 2.72. The highest BCUT2D eigenvalue weighted by Crippen LogP contribution is 2.23. The lowest BCUT2D eigenvalue weighted by molar-refractivity contribution is -0.144. The molecule has 1 heterocycles. The molecule has 158 valence electrons. The average molecular weight is 421 g/mol. The highest BCUT2D eigenvalue weighted by molar-refractivity contribution is 5.85. The maximum Gasteiger partial charge on any atom is 0.306 e. The van der Waals surface area contributed by atoms with Crippen LogP contribution in [0, 0.1) is 5.92 Å². The van der Waals surface area contributed by atoms with Gasteiger partial charge in [-0.2, -0.15) is 0 Å². The van der Waals surface area contributed by atoms with Gasteiger partial charge in [0, 0.05) is 13.6 Å². The zero-order chi connectivity index (χ0) is 20.3. The second kappa shape index (κ2) is 9.94. The first-order valence-corrected chi connectivity index (χ1v) is 9.67. The summed E-state index contributed by atoms with van der Waals surface area (Å²) in [7, 11) is 3.47. The Morgan fingerprint density at radius 3 is 2.41 bits per heavy atom. The number of aliphatic carboxylic acids is 1. The Labute approximate surface area is 177 Å². The number of carbonyl (C=O) groups is 2. The Balaban J connectivity index is 0.00000300. The van der Waals surface area contributed by atoms with Crippen LogP contribution in [0.5, 0.6) is 5.75 Å². The van der Waals surface area contributed by atoms with Crippen LogP contribution in [-0.4, -0.2) is 60.1 Å². The summed E-state index contributed by atoms with van der Waals surface area (Å²) in [6, 6.07) is 11.9. The Bertz CT molecular complexity index is 865. The number of methoxy groups -OCH3 is 1. The molecule has 6 nitrogen and oxygen atoms in total. The minimum absolute atomic E-state index is 0. The number of benzene rings is 2. The molecule has 1 fully saturated rings. The highest BCUT2D eigenvalue weighted by atomic mass is 35.5. The number of carboxylic acid groups (broad SMARTS) is 1. The van der Waals surface area contributed by atoms with Crippen molar-refractivity contribution in [1.82, 2.24) is 9.80 Å². The molecule has 1 saturated heterocycles. The summed E-state index contributed by atoms with van der Waals surface area (Å²) < 4.78 is 5.26. The zero-order valence-electron chi connectivity index (χ0n) is 17.1. The minimum Gasteiger partial charge on any atom is -0.497 e. The minimum atomic E-state index is -0.732. The van der Waals surface area contributed by atoms with Crippen molar-refractivity contribution in [3.8, 4) is 5.75 Å². The standard InChI is InChI=1S/C22H28N2O4.ClH/c1-15(24-10-8-17(9-11-24)22(26)27)21(25)23(2)14-16-4-5-19-13-20(28-3)7-6-18(19)12-16;/h4-7,12-13,15,17H,8-11,14H2,1-3H3,(H,26,27);1H. The molecule has 0 radical (unpaired) electrons. The molecular weight excluding hydrogens is 392 g/mol. The summed E-state index contributed by atoms with van der Waals surface area (Å²) in [5.41, 5.74) is 1.07. The molecule has 3 rings (SSSR count).